The van der Waals surface area contributed by atoms with E-state index in [0.717, 1.165) is 12.8 Å². The zero-order valence-electron chi connectivity index (χ0n) is 14.9. The molecule has 2 aliphatic rings. The molecule has 1 heterocycles. The molecule has 25 heavy (non-hydrogen) atoms. The number of carbonyl (C=O) groups excluding carboxylic acids is 1. The Balaban J connectivity index is 2.19. The lowest BCUT2D eigenvalue weighted by Gasteiger charge is -2.31. The van der Waals surface area contributed by atoms with Crippen LogP contribution in [0.1, 0.15) is 40.0 Å². The molecule has 7 heteroatoms. The fraction of sp³-hybridized carbons (Fsp3) is 0.556. The van der Waals surface area contributed by atoms with Crippen LogP contribution in [0.4, 0.5) is 4.39 Å². The van der Waals surface area contributed by atoms with E-state index in [-0.39, 0.29) is 23.1 Å². The van der Waals surface area contributed by atoms with Crippen molar-refractivity contribution in [3.8, 4) is 0 Å². The molecule has 2 unspecified atom stereocenters. The molecule has 0 spiro atoms. The Kier molecular flexibility index (Phi) is 6.32. The van der Waals surface area contributed by atoms with Crippen LogP contribution in [-0.2, 0) is 15.6 Å². The molecule has 0 radical (unpaired) electrons. The van der Waals surface area contributed by atoms with E-state index in [1.165, 1.54) is 18.4 Å². The van der Waals surface area contributed by atoms with E-state index >= 15 is 0 Å². The zero-order chi connectivity index (χ0) is 18.6. The van der Waals surface area contributed by atoms with Gasteiger partial charge in [-0.1, -0.05) is 6.08 Å². The highest BCUT2D eigenvalue weighted by molar-refractivity contribution is 7.87. The number of rotatable bonds is 6. The molecule has 138 valence electrons. The van der Waals surface area contributed by atoms with Crippen LogP contribution in [0.5, 0.6) is 0 Å². The van der Waals surface area contributed by atoms with Crippen molar-refractivity contribution in [2.24, 2.45) is 16.6 Å². The number of amides is 1. The van der Waals surface area contributed by atoms with Crippen LogP contribution in [0.3, 0.4) is 0 Å². The number of nitrogens with two attached hydrogens (primary N) is 1. The first-order valence-corrected chi connectivity index (χ1v) is 9.78. The number of halogens is 1. The van der Waals surface area contributed by atoms with E-state index in [0.29, 0.717) is 12.3 Å². The van der Waals surface area contributed by atoms with Gasteiger partial charge in [-0.2, -0.15) is 0 Å². The summed E-state index contributed by atoms with van der Waals surface area (Å²) in [6.45, 7) is 5.23. The molecule has 0 saturated heterocycles. The maximum absolute atomic E-state index is 14.5. The summed E-state index contributed by atoms with van der Waals surface area (Å²) in [5.74, 6) is 0.359. The van der Waals surface area contributed by atoms with Gasteiger partial charge >= 0.3 is 0 Å². The van der Waals surface area contributed by atoms with E-state index in [4.69, 9.17) is 5.73 Å². The van der Waals surface area contributed by atoms with Crippen LogP contribution in [0, 0.1) is 5.92 Å². The smallest absolute Gasteiger partial charge is 0.224 e. The average molecular weight is 367 g/mol. The van der Waals surface area contributed by atoms with Crippen molar-refractivity contribution in [1.82, 2.24) is 5.32 Å². The Bertz CT molecular complexity index is 676. The number of hydrogen-bond donors (Lipinski definition) is 2. The molecule has 1 fully saturated rings. The highest BCUT2D eigenvalue weighted by atomic mass is 32.2. The van der Waals surface area contributed by atoms with Crippen LogP contribution in [0.25, 0.3) is 0 Å². The molecule has 3 N–H and O–H groups in total. The highest BCUT2D eigenvalue weighted by Gasteiger charge is 2.37. The molecule has 5 nitrogen and oxygen atoms in total. The quantitative estimate of drug-likeness (QED) is 0.707. The standard InChI is InChI=1S/C18H26FN3O2S/c1-4-5-14(19)13(8-9-21-16(23)10-12-6-7-12)15-11-25(24)18(2,3)17(20)22-15/h4-5,8-9,12,15H,6-7,10-11H2,1-3H3,(H2,20,22)(H,21,23)/b5-4-,9-8+,14-13-. The Morgan fingerprint density at radius 1 is 1.44 bits per heavy atom. The van der Waals surface area contributed by atoms with Crippen molar-refractivity contribution in [3.05, 3.63) is 35.8 Å². The Morgan fingerprint density at radius 3 is 2.68 bits per heavy atom. The van der Waals surface area contributed by atoms with Gasteiger partial charge in [0.15, 0.2) is 0 Å². The van der Waals surface area contributed by atoms with Crippen LogP contribution < -0.4 is 11.1 Å². The Hall–Kier alpha value is -1.76. The summed E-state index contributed by atoms with van der Waals surface area (Å²) in [6, 6.07) is -0.637. The van der Waals surface area contributed by atoms with E-state index in [1.807, 2.05) is 0 Å². The molecular weight excluding hydrogens is 341 g/mol. The van der Waals surface area contributed by atoms with Gasteiger partial charge in [0.2, 0.25) is 5.91 Å². The summed E-state index contributed by atoms with van der Waals surface area (Å²) in [5.41, 5.74) is 6.20. The fourth-order valence-corrected chi connectivity index (χ4v) is 3.69. The van der Waals surface area contributed by atoms with Gasteiger partial charge < -0.3 is 11.1 Å². The van der Waals surface area contributed by atoms with E-state index < -0.39 is 27.4 Å². The van der Waals surface area contributed by atoms with Gasteiger partial charge in [0.1, 0.15) is 11.7 Å². The average Bonchev–Trinajstić information content (AvgIpc) is 3.33. The predicted molar refractivity (Wildman–Crippen MR) is 100 cm³/mol. The molecule has 0 bridgehead atoms. The summed E-state index contributed by atoms with van der Waals surface area (Å²) in [4.78, 5) is 16.1. The van der Waals surface area contributed by atoms with Gasteiger partial charge in [0.25, 0.3) is 0 Å². The third-order valence-corrected chi connectivity index (χ3v) is 6.38. The topological polar surface area (TPSA) is 84.5 Å². The number of nitrogens with zero attached hydrogens (tertiary/aromatic N) is 1. The number of carbonyl (C=O) groups is 1. The van der Waals surface area contributed by atoms with Gasteiger partial charge in [-0.15, -0.1) is 0 Å². The van der Waals surface area contributed by atoms with Gasteiger partial charge in [0.05, 0.1) is 16.5 Å². The molecular formula is C18H26FN3O2S. The Morgan fingerprint density at radius 2 is 2.12 bits per heavy atom. The van der Waals surface area contributed by atoms with Crippen molar-refractivity contribution >= 4 is 22.5 Å². The molecule has 0 aromatic heterocycles. The second-order valence-corrected chi connectivity index (χ2v) is 8.95. The monoisotopic (exact) mass is 367 g/mol. The van der Waals surface area contributed by atoms with Crippen LogP contribution in [-0.4, -0.2) is 32.5 Å². The largest absolute Gasteiger partial charge is 0.386 e. The third-order valence-electron chi connectivity index (χ3n) is 4.42. The molecule has 1 saturated carbocycles. The number of allylic oxidation sites excluding steroid dienone is 3. The molecule has 0 aromatic rings. The van der Waals surface area contributed by atoms with E-state index in [2.05, 4.69) is 10.3 Å². The molecule has 0 aromatic carbocycles. The number of hydrogen-bond acceptors (Lipinski definition) is 4. The lowest BCUT2D eigenvalue weighted by atomic mass is 10.1. The van der Waals surface area contributed by atoms with Crippen molar-refractivity contribution in [2.45, 2.75) is 50.8 Å². The SMILES string of the molecule is C\C=C/C(F)=C(\C=C\NC(=O)CC1CC1)C1CS(=O)C(C)(C)C(N)=N1. The molecule has 2 atom stereocenters. The first-order chi connectivity index (χ1) is 11.8. The summed E-state index contributed by atoms with van der Waals surface area (Å²) in [7, 11) is -1.27. The summed E-state index contributed by atoms with van der Waals surface area (Å²) in [6.07, 6.45) is 8.49. The van der Waals surface area contributed by atoms with Gasteiger partial charge in [0, 0.05) is 29.0 Å². The highest BCUT2D eigenvalue weighted by Crippen LogP contribution is 2.32. The first kappa shape index (κ1) is 19.6. The molecule has 1 aliphatic carbocycles. The molecule has 2 rings (SSSR count). The fourth-order valence-electron chi connectivity index (χ4n) is 2.45. The van der Waals surface area contributed by atoms with E-state index in [1.54, 1.807) is 26.8 Å². The lowest BCUT2D eigenvalue weighted by molar-refractivity contribution is -0.120. The zero-order valence-corrected chi connectivity index (χ0v) is 15.7. The maximum Gasteiger partial charge on any atom is 0.224 e. The molecule has 1 amide bonds. The lowest BCUT2D eigenvalue weighted by Crippen LogP contribution is -2.49. The predicted octanol–water partition coefficient (Wildman–Crippen LogP) is 2.48. The first-order valence-electron chi connectivity index (χ1n) is 8.46. The summed E-state index contributed by atoms with van der Waals surface area (Å²) >= 11 is 0. The van der Waals surface area contributed by atoms with Gasteiger partial charge in [-0.25, -0.2) is 4.39 Å². The third kappa shape index (κ3) is 5.11. The number of aliphatic imine (C=N–C) groups is 1. The minimum atomic E-state index is -1.27. The summed E-state index contributed by atoms with van der Waals surface area (Å²) in [5, 5.41) is 2.66. The number of nitrogens with one attached hydrogen (secondary N) is 1. The van der Waals surface area contributed by atoms with Crippen LogP contribution in [0.15, 0.2) is 40.8 Å². The van der Waals surface area contributed by atoms with Gasteiger partial charge in [-0.3, -0.25) is 14.0 Å². The maximum atomic E-state index is 14.5. The van der Waals surface area contributed by atoms with Crippen molar-refractivity contribution in [3.63, 3.8) is 0 Å². The van der Waals surface area contributed by atoms with Gasteiger partial charge in [-0.05, 0) is 51.7 Å². The second-order valence-electron chi connectivity index (χ2n) is 6.90. The van der Waals surface area contributed by atoms with Crippen LogP contribution >= 0.6 is 0 Å². The van der Waals surface area contributed by atoms with E-state index in [9.17, 15) is 13.4 Å². The number of amidine groups is 1. The van der Waals surface area contributed by atoms with Crippen molar-refractivity contribution in [2.75, 3.05) is 5.75 Å². The molecule has 1 aliphatic heterocycles. The van der Waals surface area contributed by atoms with Crippen molar-refractivity contribution in [1.29, 1.82) is 0 Å². The Labute approximate surface area is 150 Å². The second kappa shape index (κ2) is 8.08. The minimum absolute atomic E-state index is 0.0825. The van der Waals surface area contributed by atoms with Crippen LogP contribution in [0.2, 0.25) is 0 Å². The normalized spacial score (nSPS) is 27.3. The van der Waals surface area contributed by atoms with Crippen molar-refractivity contribution < 1.29 is 13.4 Å². The summed E-state index contributed by atoms with van der Waals surface area (Å²) < 4.78 is 26.2. The minimum Gasteiger partial charge on any atom is -0.386 e.